The normalized spacial score (nSPS) is 15.2. The molecule has 0 aromatic heterocycles. The monoisotopic (exact) mass is 488 g/mol. The van der Waals surface area contributed by atoms with Crippen LogP contribution in [0.4, 0.5) is 4.79 Å². The van der Waals surface area contributed by atoms with Gasteiger partial charge in [0.1, 0.15) is 5.75 Å². The third-order valence-electron chi connectivity index (χ3n) is 5.41. The topological polar surface area (TPSA) is 117 Å². The van der Waals surface area contributed by atoms with E-state index in [9.17, 15) is 18.0 Å². The number of carbonyl (C=O) groups excluding carboxylic acids is 2. The van der Waals surface area contributed by atoms with Crippen molar-refractivity contribution in [1.29, 1.82) is 0 Å². The fourth-order valence-electron chi connectivity index (χ4n) is 3.52. The quantitative estimate of drug-likeness (QED) is 0.414. The standard InChI is InChI=1S/C21H33ClN4O5S/c1-3-4-5-6-11-23-21(28)25-32(29,30)26-12-9-16(10-13-26)15-24-20(27)18-14-17(22)7-8-19(18)31-2/h7-8,14,16H,3-6,9-13,15H2,1-2H3,(H,24,27)(H2,23,25,28). The van der Waals surface area contributed by atoms with E-state index in [0.29, 0.717) is 42.3 Å². The molecule has 1 aromatic rings. The number of halogens is 1. The number of benzene rings is 1. The lowest BCUT2D eigenvalue weighted by atomic mass is 9.98. The van der Waals surface area contributed by atoms with E-state index >= 15 is 0 Å². The third-order valence-corrected chi connectivity index (χ3v) is 7.13. The number of hydrogen-bond donors (Lipinski definition) is 3. The smallest absolute Gasteiger partial charge is 0.329 e. The van der Waals surface area contributed by atoms with Crippen LogP contribution in [0.25, 0.3) is 0 Å². The number of amides is 3. The third kappa shape index (κ3) is 8.14. The minimum absolute atomic E-state index is 0.128. The molecule has 32 heavy (non-hydrogen) atoms. The van der Waals surface area contributed by atoms with Gasteiger partial charge in [-0.3, -0.25) is 4.79 Å². The summed E-state index contributed by atoms with van der Waals surface area (Å²) in [4.78, 5) is 24.4. The second-order valence-corrected chi connectivity index (χ2v) is 9.93. The number of hydrogen-bond acceptors (Lipinski definition) is 5. The summed E-state index contributed by atoms with van der Waals surface area (Å²) in [7, 11) is -2.41. The molecule has 11 heteroatoms. The van der Waals surface area contributed by atoms with Crippen LogP contribution in [0, 0.1) is 5.92 Å². The summed E-state index contributed by atoms with van der Waals surface area (Å²) >= 11 is 5.98. The molecule has 3 amide bonds. The Morgan fingerprint density at radius 3 is 2.53 bits per heavy atom. The Hall–Kier alpha value is -2.04. The lowest BCUT2D eigenvalue weighted by Gasteiger charge is -2.31. The zero-order valence-corrected chi connectivity index (χ0v) is 20.2. The maximum atomic E-state index is 12.5. The zero-order valence-electron chi connectivity index (χ0n) is 18.7. The van der Waals surface area contributed by atoms with Crippen molar-refractivity contribution in [3.63, 3.8) is 0 Å². The van der Waals surface area contributed by atoms with Crippen molar-refractivity contribution in [2.75, 3.05) is 33.3 Å². The summed E-state index contributed by atoms with van der Waals surface area (Å²) in [6.07, 6.45) is 5.15. The van der Waals surface area contributed by atoms with Gasteiger partial charge in [0.2, 0.25) is 0 Å². The van der Waals surface area contributed by atoms with Gasteiger partial charge in [-0.25, -0.2) is 9.52 Å². The second-order valence-electron chi connectivity index (χ2n) is 7.82. The van der Waals surface area contributed by atoms with Gasteiger partial charge in [-0.2, -0.15) is 12.7 Å². The number of unbranched alkanes of at least 4 members (excludes halogenated alkanes) is 3. The number of nitrogens with one attached hydrogen (secondary N) is 3. The van der Waals surface area contributed by atoms with Gasteiger partial charge < -0.3 is 15.4 Å². The van der Waals surface area contributed by atoms with Crippen molar-refractivity contribution in [1.82, 2.24) is 19.7 Å². The van der Waals surface area contributed by atoms with E-state index in [1.54, 1.807) is 18.2 Å². The van der Waals surface area contributed by atoms with Gasteiger partial charge in [0.15, 0.2) is 0 Å². The van der Waals surface area contributed by atoms with Crippen molar-refractivity contribution in [2.45, 2.75) is 45.4 Å². The van der Waals surface area contributed by atoms with Crippen LogP contribution < -0.4 is 20.1 Å². The molecule has 180 valence electrons. The molecule has 0 bridgehead atoms. The number of piperidine rings is 1. The summed E-state index contributed by atoms with van der Waals surface area (Å²) < 4.78 is 33.4. The molecule has 1 aliphatic heterocycles. The molecule has 1 fully saturated rings. The van der Waals surface area contributed by atoms with Gasteiger partial charge in [0.25, 0.3) is 5.91 Å². The SMILES string of the molecule is CCCCCCNC(=O)NS(=O)(=O)N1CCC(CNC(=O)c2cc(Cl)ccc2OC)CC1. The Labute approximate surface area is 195 Å². The van der Waals surface area contributed by atoms with E-state index in [1.165, 1.54) is 11.4 Å². The molecule has 9 nitrogen and oxygen atoms in total. The molecule has 0 saturated carbocycles. The van der Waals surface area contributed by atoms with Crippen LogP contribution in [-0.4, -0.2) is 58.0 Å². The molecule has 1 aliphatic rings. The van der Waals surface area contributed by atoms with Crippen molar-refractivity contribution < 1.29 is 22.7 Å². The molecular formula is C21H33ClN4O5S. The fraction of sp³-hybridized carbons (Fsp3) is 0.619. The van der Waals surface area contributed by atoms with E-state index in [4.69, 9.17) is 16.3 Å². The Morgan fingerprint density at radius 1 is 1.16 bits per heavy atom. The van der Waals surface area contributed by atoms with E-state index in [-0.39, 0.29) is 24.9 Å². The number of rotatable bonds is 11. The number of methoxy groups -OCH3 is 1. The summed E-state index contributed by atoms with van der Waals surface area (Å²) in [6, 6.07) is 4.13. The molecular weight excluding hydrogens is 456 g/mol. The van der Waals surface area contributed by atoms with Crippen molar-refractivity contribution >= 4 is 33.7 Å². The average Bonchev–Trinajstić information content (AvgIpc) is 2.77. The van der Waals surface area contributed by atoms with Gasteiger partial charge in [-0.05, 0) is 43.4 Å². The minimum Gasteiger partial charge on any atom is -0.496 e. The molecule has 1 aromatic carbocycles. The highest BCUT2D eigenvalue weighted by molar-refractivity contribution is 7.87. The Morgan fingerprint density at radius 2 is 1.88 bits per heavy atom. The maximum absolute atomic E-state index is 12.5. The van der Waals surface area contributed by atoms with Gasteiger partial charge in [0.05, 0.1) is 12.7 Å². The zero-order chi connectivity index (χ0) is 23.6. The van der Waals surface area contributed by atoms with Gasteiger partial charge in [-0.15, -0.1) is 0 Å². The van der Waals surface area contributed by atoms with Crippen LogP contribution >= 0.6 is 11.6 Å². The molecule has 2 rings (SSSR count). The van der Waals surface area contributed by atoms with E-state index in [1.807, 2.05) is 0 Å². The molecule has 0 atom stereocenters. The van der Waals surface area contributed by atoms with Crippen molar-refractivity contribution in [2.24, 2.45) is 5.92 Å². The summed E-state index contributed by atoms with van der Waals surface area (Å²) in [5.74, 6) is 0.266. The average molecular weight is 489 g/mol. The maximum Gasteiger partial charge on any atom is 0.329 e. The van der Waals surface area contributed by atoms with Gasteiger partial charge in [-0.1, -0.05) is 37.8 Å². The van der Waals surface area contributed by atoms with Crippen molar-refractivity contribution in [3.8, 4) is 5.75 Å². The van der Waals surface area contributed by atoms with Crippen LogP contribution in [0.15, 0.2) is 18.2 Å². The van der Waals surface area contributed by atoms with Crippen LogP contribution in [0.1, 0.15) is 55.8 Å². The number of nitrogens with zero attached hydrogens (tertiary/aromatic N) is 1. The molecule has 0 unspecified atom stereocenters. The lowest BCUT2D eigenvalue weighted by molar-refractivity contribution is 0.0938. The van der Waals surface area contributed by atoms with Crippen LogP contribution in [-0.2, 0) is 10.2 Å². The number of ether oxygens (including phenoxy) is 1. The molecule has 1 saturated heterocycles. The first kappa shape index (κ1) is 26.2. The van der Waals surface area contributed by atoms with Gasteiger partial charge >= 0.3 is 16.2 Å². The second kappa shape index (κ2) is 12.9. The van der Waals surface area contributed by atoms with E-state index < -0.39 is 16.2 Å². The number of urea groups is 1. The summed E-state index contributed by atoms with van der Waals surface area (Å²) in [6.45, 7) is 3.51. The number of carbonyl (C=O) groups is 2. The molecule has 0 aliphatic carbocycles. The largest absolute Gasteiger partial charge is 0.496 e. The molecule has 0 radical (unpaired) electrons. The fourth-order valence-corrected chi connectivity index (χ4v) is 4.81. The van der Waals surface area contributed by atoms with Crippen LogP contribution in [0.3, 0.4) is 0 Å². The first-order chi connectivity index (χ1) is 15.3. The molecule has 1 heterocycles. The van der Waals surface area contributed by atoms with E-state index in [2.05, 4.69) is 22.3 Å². The highest BCUT2D eigenvalue weighted by atomic mass is 35.5. The minimum atomic E-state index is -3.89. The molecule has 0 spiro atoms. The predicted octanol–water partition coefficient (Wildman–Crippen LogP) is 2.91. The Bertz CT molecular complexity index is 873. The van der Waals surface area contributed by atoms with E-state index in [0.717, 1.165) is 25.7 Å². The Balaban J connectivity index is 1.76. The Kier molecular flexibility index (Phi) is 10.5. The molecule has 3 N–H and O–H groups in total. The van der Waals surface area contributed by atoms with Crippen LogP contribution in [0.5, 0.6) is 5.75 Å². The highest BCUT2D eigenvalue weighted by Crippen LogP contribution is 2.23. The first-order valence-electron chi connectivity index (χ1n) is 10.9. The summed E-state index contributed by atoms with van der Waals surface area (Å²) in [5.41, 5.74) is 0.352. The lowest BCUT2D eigenvalue weighted by Crippen LogP contribution is -2.50. The predicted molar refractivity (Wildman–Crippen MR) is 124 cm³/mol. The van der Waals surface area contributed by atoms with Crippen molar-refractivity contribution in [3.05, 3.63) is 28.8 Å². The van der Waals surface area contributed by atoms with Gasteiger partial charge in [0, 0.05) is 31.2 Å². The van der Waals surface area contributed by atoms with Crippen LogP contribution in [0.2, 0.25) is 5.02 Å². The highest BCUT2D eigenvalue weighted by Gasteiger charge is 2.29. The summed E-state index contributed by atoms with van der Waals surface area (Å²) in [5, 5.41) is 5.89. The first-order valence-corrected chi connectivity index (χ1v) is 12.8.